The Bertz CT molecular complexity index is 892. The summed E-state index contributed by atoms with van der Waals surface area (Å²) in [5.41, 5.74) is 2.23. The van der Waals surface area contributed by atoms with E-state index in [2.05, 4.69) is 10.4 Å². The molecule has 0 spiro atoms. The van der Waals surface area contributed by atoms with Crippen LogP contribution < -0.4 is 10.7 Å². The Morgan fingerprint density at radius 1 is 1.04 bits per heavy atom. The van der Waals surface area contributed by atoms with Gasteiger partial charge < -0.3 is 10.4 Å². The summed E-state index contributed by atoms with van der Waals surface area (Å²) in [7, 11) is 0. The topological polar surface area (TPSA) is 151 Å². The molecule has 0 aromatic heterocycles. The predicted molar refractivity (Wildman–Crippen MR) is 90.9 cm³/mol. The summed E-state index contributed by atoms with van der Waals surface area (Å²) in [6.45, 7) is 0. The van der Waals surface area contributed by atoms with Gasteiger partial charge in [0.2, 0.25) is 0 Å². The summed E-state index contributed by atoms with van der Waals surface area (Å²) in [6.07, 6.45) is 1.10. The summed E-state index contributed by atoms with van der Waals surface area (Å²) in [4.78, 5) is 44.4. The maximum absolute atomic E-state index is 11.7. The molecule has 132 valence electrons. The van der Waals surface area contributed by atoms with Crippen LogP contribution in [0, 0.1) is 10.1 Å². The first-order valence-electron chi connectivity index (χ1n) is 7.09. The summed E-state index contributed by atoms with van der Waals surface area (Å²) in [5.74, 6) is -3.29. The first kappa shape index (κ1) is 18.3. The van der Waals surface area contributed by atoms with Gasteiger partial charge in [0.05, 0.1) is 16.7 Å². The number of carboxylic acids is 1. The second kappa shape index (κ2) is 8.15. The lowest BCUT2D eigenvalue weighted by Crippen LogP contribution is -2.32. The van der Waals surface area contributed by atoms with Crippen molar-refractivity contribution < 1.29 is 24.4 Å². The molecule has 0 aliphatic carbocycles. The zero-order chi connectivity index (χ0) is 19.1. The van der Waals surface area contributed by atoms with Crippen molar-refractivity contribution in [2.24, 2.45) is 5.10 Å². The molecule has 10 nitrogen and oxygen atoms in total. The van der Waals surface area contributed by atoms with Gasteiger partial charge in [-0.05, 0) is 18.2 Å². The van der Waals surface area contributed by atoms with Crippen LogP contribution in [-0.2, 0) is 9.59 Å². The standard InChI is InChI=1S/C16H12N4O6/c21-14(18-11-5-7-12(8-6-11)20(25)26)15(22)19-17-9-10-3-1-2-4-13(10)16(23)24/h1-9H,(H,18,21)(H,19,22)(H,23,24)/b17-9-. The molecule has 0 saturated heterocycles. The van der Waals surface area contributed by atoms with Gasteiger partial charge in [0.15, 0.2) is 0 Å². The first-order valence-corrected chi connectivity index (χ1v) is 7.09. The van der Waals surface area contributed by atoms with E-state index < -0.39 is 22.7 Å². The van der Waals surface area contributed by atoms with Crippen molar-refractivity contribution in [2.45, 2.75) is 0 Å². The highest BCUT2D eigenvalue weighted by molar-refractivity contribution is 6.39. The van der Waals surface area contributed by atoms with Crippen molar-refractivity contribution in [1.29, 1.82) is 0 Å². The summed E-state index contributed by atoms with van der Waals surface area (Å²) < 4.78 is 0. The van der Waals surface area contributed by atoms with Crippen molar-refractivity contribution in [3.05, 3.63) is 69.8 Å². The van der Waals surface area contributed by atoms with Crippen LogP contribution in [0.2, 0.25) is 0 Å². The highest BCUT2D eigenvalue weighted by Crippen LogP contribution is 2.15. The SMILES string of the molecule is O=C(N/N=C\c1ccccc1C(=O)O)C(=O)Nc1ccc([N+](=O)[O-])cc1. The van der Waals surface area contributed by atoms with Gasteiger partial charge in [0.1, 0.15) is 0 Å². The maximum Gasteiger partial charge on any atom is 0.336 e. The molecule has 2 aromatic carbocycles. The minimum absolute atomic E-state index is 0.0131. The molecule has 3 N–H and O–H groups in total. The van der Waals surface area contributed by atoms with Crippen molar-refractivity contribution in [2.75, 3.05) is 5.32 Å². The van der Waals surface area contributed by atoms with Crippen LogP contribution >= 0.6 is 0 Å². The Labute approximate surface area is 146 Å². The molecule has 2 amide bonds. The number of anilines is 1. The van der Waals surface area contributed by atoms with E-state index in [1.54, 1.807) is 6.07 Å². The van der Waals surface area contributed by atoms with Gasteiger partial charge in [-0.15, -0.1) is 0 Å². The normalized spacial score (nSPS) is 10.3. The van der Waals surface area contributed by atoms with E-state index in [0.29, 0.717) is 0 Å². The number of carbonyl (C=O) groups excluding carboxylic acids is 2. The number of non-ortho nitro benzene ring substituents is 1. The fourth-order valence-corrected chi connectivity index (χ4v) is 1.87. The van der Waals surface area contributed by atoms with Crippen LogP contribution in [0.4, 0.5) is 11.4 Å². The molecule has 0 aliphatic rings. The fraction of sp³-hybridized carbons (Fsp3) is 0. The third-order valence-corrected chi connectivity index (χ3v) is 3.10. The number of rotatable bonds is 5. The Balaban J connectivity index is 1.96. The minimum atomic E-state index is -1.16. The zero-order valence-corrected chi connectivity index (χ0v) is 13.1. The summed E-state index contributed by atoms with van der Waals surface area (Å²) >= 11 is 0. The summed E-state index contributed by atoms with van der Waals surface area (Å²) in [6, 6.07) is 10.9. The molecular weight excluding hydrogens is 344 g/mol. The van der Waals surface area contributed by atoms with Gasteiger partial charge in [-0.3, -0.25) is 19.7 Å². The van der Waals surface area contributed by atoms with E-state index in [1.165, 1.54) is 42.5 Å². The van der Waals surface area contributed by atoms with Gasteiger partial charge in [-0.1, -0.05) is 18.2 Å². The number of hydrogen-bond donors (Lipinski definition) is 3. The lowest BCUT2D eigenvalue weighted by molar-refractivity contribution is -0.384. The van der Waals surface area contributed by atoms with Gasteiger partial charge >= 0.3 is 17.8 Å². The average Bonchev–Trinajstić information content (AvgIpc) is 2.62. The number of aromatic carboxylic acids is 1. The second-order valence-electron chi connectivity index (χ2n) is 4.85. The maximum atomic E-state index is 11.7. The number of hydrogen-bond acceptors (Lipinski definition) is 6. The molecule has 0 heterocycles. The number of amides is 2. The van der Waals surface area contributed by atoms with E-state index in [0.717, 1.165) is 6.21 Å². The molecule has 0 atom stereocenters. The molecule has 0 fully saturated rings. The molecule has 2 rings (SSSR count). The predicted octanol–water partition coefficient (Wildman–Crippen LogP) is 1.38. The molecule has 0 unspecified atom stereocenters. The number of nitrogens with zero attached hydrogens (tertiary/aromatic N) is 2. The van der Waals surface area contributed by atoms with Crippen molar-refractivity contribution >= 4 is 35.4 Å². The van der Waals surface area contributed by atoms with E-state index in [9.17, 15) is 24.5 Å². The van der Waals surface area contributed by atoms with Gasteiger partial charge in [-0.25, -0.2) is 10.2 Å². The van der Waals surface area contributed by atoms with Crippen molar-refractivity contribution in [3.8, 4) is 0 Å². The molecule has 2 aromatic rings. The number of nitro benzene ring substituents is 1. The van der Waals surface area contributed by atoms with Crippen LogP contribution in [0.3, 0.4) is 0 Å². The molecule has 10 heteroatoms. The number of carbonyl (C=O) groups is 3. The largest absolute Gasteiger partial charge is 0.478 e. The highest BCUT2D eigenvalue weighted by atomic mass is 16.6. The van der Waals surface area contributed by atoms with Crippen LogP contribution in [0.1, 0.15) is 15.9 Å². The number of nitrogens with one attached hydrogen (secondary N) is 2. The smallest absolute Gasteiger partial charge is 0.336 e. The second-order valence-corrected chi connectivity index (χ2v) is 4.85. The molecular formula is C16H12N4O6. The highest BCUT2D eigenvalue weighted by Gasteiger charge is 2.14. The first-order chi connectivity index (χ1) is 12.4. The van der Waals surface area contributed by atoms with Gasteiger partial charge in [0, 0.05) is 23.4 Å². The molecule has 0 radical (unpaired) electrons. The Morgan fingerprint density at radius 2 is 1.69 bits per heavy atom. The number of carboxylic acid groups (broad SMARTS) is 1. The van der Waals surface area contributed by atoms with E-state index >= 15 is 0 Å². The fourth-order valence-electron chi connectivity index (χ4n) is 1.87. The monoisotopic (exact) mass is 356 g/mol. The molecule has 26 heavy (non-hydrogen) atoms. The zero-order valence-electron chi connectivity index (χ0n) is 13.1. The lowest BCUT2D eigenvalue weighted by Gasteiger charge is -2.04. The van der Waals surface area contributed by atoms with Crippen LogP contribution in [0.5, 0.6) is 0 Å². The van der Waals surface area contributed by atoms with E-state index in [1.807, 2.05) is 5.43 Å². The summed E-state index contributed by atoms with van der Waals surface area (Å²) in [5, 5.41) is 25.4. The van der Waals surface area contributed by atoms with E-state index in [4.69, 9.17) is 5.11 Å². The Morgan fingerprint density at radius 3 is 2.31 bits per heavy atom. The van der Waals surface area contributed by atoms with Crippen molar-refractivity contribution in [1.82, 2.24) is 5.43 Å². The Kier molecular flexibility index (Phi) is 5.72. The average molecular weight is 356 g/mol. The molecule has 0 bridgehead atoms. The number of hydrazone groups is 1. The van der Waals surface area contributed by atoms with E-state index in [-0.39, 0.29) is 22.5 Å². The van der Waals surface area contributed by atoms with Gasteiger partial charge in [-0.2, -0.15) is 5.10 Å². The quantitative estimate of drug-likeness (QED) is 0.319. The molecule has 0 aliphatic heterocycles. The van der Waals surface area contributed by atoms with Crippen LogP contribution in [0.15, 0.2) is 53.6 Å². The number of benzene rings is 2. The minimum Gasteiger partial charge on any atom is -0.478 e. The van der Waals surface area contributed by atoms with Gasteiger partial charge in [0.25, 0.3) is 5.69 Å². The lowest BCUT2D eigenvalue weighted by atomic mass is 10.1. The third kappa shape index (κ3) is 4.71. The van der Waals surface area contributed by atoms with Crippen LogP contribution in [-0.4, -0.2) is 34.0 Å². The van der Waals surface area contributed by atoms with Crippen LogP contribution in [0.25, 0.3) is 0 Å². The number of nitro groups is 1. The van der Waals surface area contributed by atoms with Crippen molar-refractivity contribution in [3.63, 3.8) is 0 Å². The third-order valence-electron chi connectivity index (χ3n) is 3.10. The molecule has 0 saturated carbocycles. The Hall–Kier alpha value is -4.08.